The molecule has 0 atom stereocenters. The number of aromatic nitrogens is 2. The summed E-state index contributed by atoms with van der Waals surface area (Å²) in [7, 11) is 0. The van der Waals surface area contributed by atoms with Crippen molar-refractivity contribution in [1.29, 1.82) is 0 Å². The second kappa shape index (κ2) is 7.95. The highest BCUT2D eigenvalue weighted by Crippen LogP contribution is 2.23. The van der Waals surface area contributed by atoms with E-state index < -0.39 is 0 Å². The average Bonchev–Trinajstić information content (AvgIpc) is 2.69. The van der Waals surface area contributed by atoms with Crippen LogP contribution in [0, 0.1) is 0 Å². The predicted octanol–water partition coefficient (Wildman–Crippen LogP) is 1.94. The van der Waals surface area contributed by atoms with E-state index >= 15 is 0 Å². The van der Waals surface area contributed by atoms with Crippen molar-refractivity contribution < 1.29 is 9.59 Å². The summed E-state index contributed by atoms with van der Waals surface area (Å²) >= 11 is 0. The minimum atomic E-state index is -0.124. The predicted molar refractivity (Wildman–Crippen MR) is 99.3 cm³/mol. The summed E-state index contributed by atoms with van der Waals surface area (Å²) in [6.07, 6.45) is 1.43. The third-order valence-electron chi connectivity index (χ3n) is 4.54. The zero-order valence-corrected chi connectivity index (χ0v) is 15.1. The van der Waals surface area contributed by atoms with Gasteiger partial charge in [0.2, 0.25) is 5.91 Å². The number of rotatable bonds is 4. The first-order chi connectivity index (χ1) is 12.6. The molecule has 1 aliphatic rings. The van der Waals surface area contributed by atoms with Crippen LogP contribution in [-0.2, 0) is 4.79 Å². The van der Waals surface area contributed by atoms with E-state index in [0.717, 1.165) is 12.2 Å². The standard InChI is InChI=1S/C19H23N5O2/c1-3-24(16-7-5-4-6-8-16)18-13-17(20-14-21-18)19(26)23-11-9-22(10-12-23)15(2)25/h4-8,13-14H,3,9-12H2,1-2H3. The molecular weight excluding hydrogens is 330 g/mol. The second-order valence-corrected chi connectivity index (χ2v) is 6.14. The topological polar surface area (TPSA) is 69.6 Å². The van der Waals surface area contributed by atoms with Crippen molar-refractivity contribution in [2.45, 2.75) is 13.8 Å². The fourth-order valence-corrected chi connectivity index (χ4v) is 3.08. The summed E-state index contributed by atoms with van der Waals surface area (Å²) in [5.41, 5.74) is 1.39. The Labute approximate surface area is 153 Å². The monoisotopic (exact) mass is 353 g/mol. The molecular formula is C19H23N5O2. The van der Waals surface area contributed by atoms with Crippen LogP contribution in [0.1, 0.15) is 24.3 Å². The Bertz CT molecular complexity index is 773. The molecule has 2 amide bonds. The number of hydrogen-bond acceptors (Lipinski definition) is 5. The number of para-hydroxylation sites is 1. The Morgan fingerprint density at radius 2 is 1.69 bits per heavy atom. The van der Waals surface area contributed by atoms with Crippen LogP contribution in [0.25, 0.3) is 0 Å². The van der Waals surface area contributed by atoms with E-state index in [1.54, 1.807) is 22.8 Å². The van der Waals surface area contributed by atoms with Gasteiger partial charge in [-0.3, -0.25) is 9.59 Å². The summed E-state index contributed by atoms with van der Waals surface area (Å²) in [4.78, 5) is 38.3. The quantitative estimate of drug-likeness (QED) is 0.840. The first kappa shape index (κ1) is 17.8. The summed E-state index contributed by atoms with van der Waals surface area (Å²) in [5, 5.41) is 0. The molecule has 0 bridgehead atoms. The molecule has 1 aromatic heterocycles. The van der Waals surface area contributed by atoms with E-state index in [0.29, 0.717) is 37.7 Å². The number of anilines is 2. The number of hydrogen-bond donors (Lipinski definition) is 0. The van der Waals surface area contributed by atoms with Crippen molar-refractivity contribution in [3.63, 3.8) is 0 Å². The first-order valence-corrected chi connectivity index (χ1v) is 8.79. The molecule has 1 fully saturated rings. The lowest BCUT2D eigenvalue weighted by Gasteiger charge is -2.34. The lowest BCUT2D eigenvalue weighted by Crippen LogP contribution is -2.50. The third kappa shape index (κ3) is 3.82. The molecule has 2 aromatic rings. The van der Waals surface area contributed by atoms with Gasteiger partial charge in [0.15, 0.2) is 0 Å². The Morgan fingerprint density at radius 3 is 2.31 bits per heavy atom. The van der Waals surface area contributed by atoms with E-state index in [1.165, 1.54) is 6.33 Å². The molecule has 0 N–H and O–H groups in total. The fourth-order valence-electron chi connectivity index (χ4n) is 3.08. The van der Waals surface area contributed by atoms with Crippen LogP contribution >= 0.6 is 0 Å². The Morgan fingerprint density at radius 1 is 1.04 bits per heavy atom. The molecule has 0 saturated carbocycles. The lowest BCUT2D eigenvalue weighted by atomic mass is 10.2. The van der Waals surface area contributed by atoms with Gasteiger partial charge in [-0.25, -0.2) is 9.97 Å². The van der Waals surface area contributed by atoms with E-state index in [9.17, 15) is 9.59 Å². The van der Waals surface area contributed by atoms with Crippen LogP contribution in [0.15, 0.2) is 42.7 Å². The molecule has 0 unspecified atom stereocenters. The fraction of sp³-hybridized carbons (Fsp3) is 0.368. The zero-order chi connectivity index (χ0) is 18.5. The molecule has 2 heterocycles. The lowest BCUT2D eigenvalue weighted by molar-refractivity contribution is -0.130. The van der Waals surface area contributed by atoms with Crippen molar-refractivity contribution in [1.82, 2.24) is 19.8 Å². The number of piperazine rings is 1. The smallest absolute Gasteiger partial charge is 0.272 e. The van der Waals surface area contributed by atoms with Gasteiger partial charge >= 0.3 is 0 Å². The Balaban J connectivity index is 1.77. The van der Waals surface area contributed by atoms with E-state index in [4.69, 9.17) is 0 Å². The maximum atomic E-state index is 12.8. The van der Waals surface area contributed by atoms with Crippen LogP contribution in [0.3, 0.4) is 0 Å². The van der Waals surface area contributed by atoms with Gasteiger partial charge in [-0.2, -0.15) is 0 Å². The van der Waals surface area contributed by atoms with Gasteiger partial charge < -0.3 is 14.7 Å². The van der Waals surface area contributed by atoms with Gasteiger partial charge in [0, 0.05) is 51.4 Å². The van der Waals surface area contributed by atoms with Gasteiger partial charge in [-0.05, 0) is 19.1 Å². The van der Waals surface area contributed by atoms with Crippen LogP contribution in [0.4, 0.5) is 11.5 Å². The number of benzene rings is 1. The van der Waals surface area contributed by atoms with E-state index in [1.807, 2.05) is 42.2 Å². The van der Waals surface area contributed by atoms with Crippen molar-refractivity contribution in [3.8, 4) is 0 Å². The van der Waals surface area contributed by atoms with Gasteiger partial charge in [-0.15, -0.1) is 0 Å². The van der Waals surface area contributed by atoms with Crippen LogP contribution in [0.2, 0.25) is 0 Å². The summed E-state index contributed by atoms with van der Waals surface area (Å²) in [6, 6.07) is 11.7. The average molecular weight is 353 g/mol. The molecule has 26 heavy (non-hydrogen) atoms. The largest absolute Gasteiger partial charge is 0.339 e. The number of amides is 2. The van der Waals surface area contributed by atoms with Crippen LogP contribution < -0.4 is 4.90 Å². The summed E-state index contributed by atoms with van der Waals surface area (Å²) in [5.74, 6) is 0.614. The van der Waals surface area contributed by atoms with Crippen molar-refractivity contribution in [2.75, 3.05) is 37.6 Å². The second-order valence-electron chi connectivity index (χ2n) is 6.14. The first-order valence-electron chi connectivity index (χ1n) is 8.79. The van der Waals surface area contributed by atoms with E-state index in [-0.39, 0.29) is 11.8 Å². The molecule has 136 valence electrons. The molecule has 0 spiro atoms. The van der Waals surface area contributed by atoms with Gasteiger partial charge in [0.1, 0.15) is 17.8 Å². The number of carbonyl (C=O) groups excluding carboxylic acids is 2. The zero-order valence-electron chi connectivity index (χ0n) is 15.1. The molecule has 7 nitrogen and oxygen atoms in total. The third-order valence-corrected chi connectivity index (χ3v) is 4.54. The molecule has 0 aliphatic carbocycles. The molecule has 1 aliphatic heterocycles. The van der Waals surface area contributed by atoms with Crippen LogP contribution in [-0.4, -0.2) is 64.3 Å². The van der Waals surface area contributed by atoms with Crippen molar-refractivity contribution in [3.05, 3.63) is 48.4 Å². The van der Waals surface area contributed by atoms with E-state index in [2.05, 4.69) is 9.97 Å². The molecule has 0 radical (unpaired) electrons. The molecule has 1 aromatic carbocycles. The Hall–Kier alpha value is -2.96. The highest BCUT2D eigenvalue weighted by molar-refractivity contribution is 5.93. The summed E-state index contributed by atoms with van der Waals surface area (Å²) < 4.78 is 0. The van der Waals surface area contributed by atoms with Gasteiger partial charge in [0.25, 0.3) is 5.91 Å². The summed E-state index contributed by atoms with van der Waals surface area (Å²) in [6.45, 7) is 6.48. The highest BCUT2D eigenvalue weighted by atomic mass is 16.2. The van der Waals surface area contributed by atoms with Crippen molar-refractivity contribution >= 4 is 23.3 Å². The normalized spacial score (nSPS) is 14.2. The Kier molecular flexibility index (Phi) is 5.46. The maximum absolute atomic E-state index is 12.8. The van der Waals surface area contributed by atoms with Gasteiger partial charge in [0.05, 0.1) is 0 Å². The van der Waals surface area contributed by atoms with Crippen molar-refractivity contribution in [2.24, 2.45) is 0 Å². The minimum absolute atomic E-state index is 0.0443. The van der Waals surface area contributed by atoms with Gasteiger partial charge in [-0.1, -0.05) is 18.2 Å². The molecule has 7 heteroatoms. The highest BCUT2D eigenvalue weighted by Gasteiger charge is 2.24. The SMILES string of the molecule is CCN(c1ccccc1)c1cc(C(=O)N2CCN(C(C)=O)CC2)ncn1. The number of carbonyl (C=O) groups is 2. The minimum Gasteiger partial charge on any atom is -0.339 e. The number of nitrogens with zero attached hydrogens (tertiary/aromatic N) is 5. The maximum Gasteiger partial charge on any atom is 0.272 e. The molecule has 3 rings (SSSR count). The molecule has 1 saturated heterocycles. The van der Waals surface area contributed by atoms with Crippen LogP contribution in [0.5, 0.6) is 0 Å².